The number of nitrogens with zero attached hydrogens (tertiary/aromatic N) is 4. The summed E-state index contributed by atoms with van der Waals surface area (Å²) >= 11 is 0. The van der Waals surface area contributed by atoms with E-state index in [0.29, 0.717) is 56.2 Å². The second kappa shape index (κ2) is 10.2. The molecule has 2 fully saturated rings. The van der Waals surface area contributed by atoms with Crippen LogP contribution in [0.25, 0.3) is 10.9 Å². The first-order valence-electron chi connectivity index (χ1n) is 12.5. The highest BCUT2D eigenvalue weighted by Gasteiger charge is 2.33. The van der Waals surface area contributed by atoms with Crippen LogP contribution in [0, 0.1) is 12.8 Å². The Labute approximate surface area is 213 Å². The number of aromatic nitrogens is 2. The molecule has 2 aliphatic heterocycles. The van der Waals surface area contributed by atoms with Crippen LogP contribution in [-0.2, 0) is 15.7 Å². The molecule has 2 saturated heterocycles. The Bertz CT molecular complexity index is 1280. The molecule has 1 unspecified atom stereocenters. The van der Waals surface area contributed by atoms with E-state index in [-0.39, 0.29) is 23.4 Å². The molecule has 1 N–H and O–H groups in total. The van der Waals surface area contributed by atoms with Gasteiger partial charge in [0.15, 0.2) is 0 Å². The van der Waals surface area contributed by atoms with Crippen molar-refractivity contribution in [2.45, 2.75) is 32.5 Å². The van der Waals surface area contributed by atoms with Gasteiger partial charge in [-0.05, 0) is 55.7 Å². The van der Waals surface area contributed by atoms with Crippen LogP contribution < -0.4 is 10.2 Å². The van der Waals surface area contributed by atoms with E-state index in [9.17, 15) is 18.0 Å². The minimum atomic E-state index is -4.40. The number of hydrogen-bond donors (Lipinski definition) is 1. The normalized spacial score (nSPS) is 19.3. The van der Waals surface area contributed by atoms with Gasteiger partial charge in [-0.15, -0.1) is 0 Å². The molecule has 2 atom stereocenters. The van der Waals surface area contributed by atoms with Gasteiger partial charge >= 0.3 is 6.18 Å². The van der Waals surface area contributed by atoms with E-state index in [1.807, 2.05) is 30.0 Å². The van der Waals surface area contributed by atoms with Crippen LogP contribution in [0.3, 0.4) is 0 Å². The number of carbonyl (C=O) groups excluding carboxylic acids is 1. The smallest absolute Gasteiger partial charge is 0.381 e. The standard InChI is InChI=1S/C27H30F3N5O2/c1-17-21(4-3-5-23(17)27(28,29)30)18(2)32-25-15-31-33-24-7-6-20(14-22(24)25)34-9-11-35(12-10-34)26(36)19-8-13-37-16-19/h3-7,14-15,18-19H,8-13,16H2,1-2H3,(H,32,33)/t18-,19?/m1/s1. The van der Waals surface area contributed by atoms with Crippen LogP contribution in [-0.4, -0.2) is 60.4 Å². The molecule has 3 heterocycles. The van der Waals surface area contributed by atoms with E-state index in [4.69, 9.17) is 4.74 Å². The number of anilines is 2. The molecular formula is C27H30F3N5O2. The number of fused-ring (bicyclic) bond motifs is 1. The summed E-state index contributed by atoms with van der Waals surface area (Å²) in [5.74, 6) is 0.151. The molecule has 3 aromatic rings. The summed E-state index contributed by atoms with van der Waals surface area (Å²) in [5, 5.41) is 12.5. The summed E-state index contributed by atoms with van der Waals surface area (Å²) in [5.41, 5.74) is 2.55. The first-order chi connectivity index (χ1) is 17.7. The molecule has 1 amide bonds. The summed E-state index contributed by atoms with van der Waals surface area (Å²) in [6, 6.07) is 9.79. The van der Waals surface area contributed by atoms with Gasteiger partial charge in [0.1, 0.15) is 0 Å². The molecule has 5 rings (SSSR count). The predicted octanol–water partition coefficient (Wildman–Crippen LogP) is 4.82. The molecule has 0 bridgehead atoms. The third-order valence-electron chi connectivity index (χ3n) is 7.38. The molecule has 2 aliphatic rings. The monoisotopic (exact) mass is 513 g/mol. The van der Waals surface area contributed by atoms with E-state index in [1.54, 1.807) is 12.3 Å². The fourth-order valence-electron chi connectivity index (χ4n) is 5.27. The van der Waals surface area contributed by atoms with E-state index in [2.05, 4.69) is 20.4 Å². The summed E-state index contributed by atoms with van der Waals surface area (Å²) in [7, 11) is 0. The number of piperazine rings is 1. The number of benzene rings is 2. The van der Waals surface area contributed by atoms with Gasteiger partial charge in [-0.1, -0.05) is 12.1 Å². The van der Waals surface area contributed by atoms with E-state index >= 15 is 0 Å². The first-order valence-corrected chi connectivity index (χ1v) is 12.5. The maximum atomic E-state index is 13.4. The molecular weight excluding hydrogens is 483 g/mol. The van der Waals surface area contributed by atoms with Crippen molar-refractivity contribution in [2.24, 2.45) is 5.92 Å². The Hall–Kier alpha value is -3.40. The van der Waals surface area contributed by atoms with Gasteiger partial charge < -0.3 is 19.9 Å². The van der Waals surface area contributed by atoms with Crippen molar-refractivity contribution in [1.82, 2.24) is 15.1 Å². The number of hydrogen-bond acceptors (Lipinski definition) is 6. The minimum Gasteiger partial charge on any atom is -0.381 e. The predicted molar refractivity (Wildman–Crippen MR) is 135 cm³/mol. The summed E-state index contributed by atoms with van der Waals surface area (Å²) in [6.45, 7) is 7.24. The van der Waals surface area contributed by atoms with Gasteiger partial charge in [-0.3, -0.25) is 4.79 Å². The molecule has 7 nitrogen and oxygen atoms in total. The van der Waals surface area contributed by atoms with Gasteiger partial charge in [0, 0.05) is 49.9 Å². The Balaban J connectivity index is 1.34. The number of amides is 1. The van der Waals surface area contributed by atoms with Gasteiger partial charge in [-0.2, -0.15) is 23.4 Å². The second-order valence-corrected chi connectivity index (χ2v) is 9.72. The second-order valence-electron chi connectivity index (χ2n) is 9.72. The van der Waals surface area contributed by atoms with E-state index < -0.39 is 11.7 Å². The van der Waals surface area contributed by atoms with Gasteiger partial charge in [0.2, 0.25) is 5.91 Å². The van der Waals surface area contributed by atoms with Crippen LogP contribution >= 0.6 is 0 Å². The average molecular weight is 514 g/mol. The summed E-state index contributed by atoms with van der Waals surface area (Å²) in [6.07, 6.45) is -2.01. The topological polar surface area (TPSA) is 70.6 Å². The maximum Gasteiger partial charge on any atom is 0.416 e. The zero-order valence-corrected chi connectivity index (χ0v) is 20.9. The lowest BCUT2D eigenvalue weighted by Gasteiger charge is -2.37. The fourth-order valence-corrected chi connectivity index (χ4v) is 5.27. The van der Waals surface area contributed by atoms with Gasteiger partial charge in [-0.25, -0.2) is 0 Å². The molecule has 1 aromatic heterocycles. The first kappa shape index (κ1) is 25.3. The summed E-state index contributed by atoms with van der Waals surface area (Å²) < 4.78 is 45.6. The molecule has 2 aromatic carbocycles. The third-order valence-corrected chi connectivity index (χ3v) is 7.38. The maximum absolute atomic E-state index is 13.4. The molecule has 10 heteroatoms. The van der Waals surface area contributed by atoms with Crippen molar-refractivity contribution in [3.05, 3.63) is 59.3 Å². The van der Waals surface area contributed by atoms with Crippen molar-refractivity contribution in [3.63, 3.8) is 0 Å². The molecule has 196 valence electrons. The van der Waals surface area contributed by atoms with E-state index in [0.717, 1.165) is 23.6 Å². The Morgan fingerprint density at radius 1 is 1.16 bits per heavy atom. The lowest BCUT2D eigenvalue weighted by atomic mass is 9.97. The molecule has 37 heavy (non-hydrogen) atoms. The fraction of sp³-hybridized carbons (Fsp3) is 0.444. The molecule has 0 radical (unpaired) electrons. The SMILES string of the molecule is Cc1c([C@@H](C)Nc2cnnc3ccc(N4CCN(C(=O)C5CCOC5)CC4)cc23)cccc1C(F)(F)F. The summed E-state index contributed by atoms with van der Waals surface area (Å²) in [4.78, 5) is 16.9. The van der Waals surface area contributed by atoms with E-state index in [1.165, 1.54) is 13.0 Å². The van der Waals surface area contributed by atoms with Crippen molar-refractivity contribution < 1.29 is 22.7 Å². The number of nitrogens with one attached hydrogen (secondary N) is 1. The van der Waals surface area contributed by atoms with Crippen molar-refractivity contribution in [2.75, 3.05) is 49.6 Å². The van der Waals surface area contributed by atoms with Crippen molar-refractivity contribution in [1.29, 1.82) is 0 Å². The number of alkyl halides is 3. The number of carbonyl (C=O) groups is 1. The van der Waals surface area contributed by atoms with Crippen LogP contribution in [0.4, 0.5) is 24.5 Å². The Morgan fingerprint density at radius 3 is 2.65 bits per heavy atom. The highest BCUT2D eigenvalue weighted by Crippen LogP contribution is 2.36. The zero-order chi connectivity index (χ0) is 26.2. The lowest BCUT2D eigenvalue weighted by molar-refractivity contribution is -0.138. The van der Waals surface area contributed by atoms with Crippen molar-refractivity contribution in [3.8, 4) is 0 Å². The molecule has 0 spiro atoms. The van der Waals surface area contributed by atoms with Gasteiger partial charge in [0.25, 0.3) is 0 Å². The van der Waals surface area contributed by atoms with Crippen LogP contribution in [0.2, 0.25) is 0 Å². The van der Waals surface area contributed by atoms with Crippen LogP contribution in [0.5, 0.6) is 0 Å². The number of rotatable bonds is 5. The third kappa shape index (κ3) is 5.20. The Morgan fingerprint density at radius 2 is 1.95 bits per heavy atom. The van der Waals surface area contributed by atoms with Gasteiger partial charge in [0.05, 0.1) is 35.5 Å². The van der Waals surface area contributed by atoms with Crippen molar-refractivity contribution >= 4 is 28.2 Å². The zero-order valence-electron chi connectivity index (χ0n) is 20.9. The quantitative estimate of drug-likeness (QED) is 0.528. The largest absolute Gasteiger partial charge is 0.416 e. The minimum absolute atomic E-state index is 0.0260. The van der Waals surface area contributed by atoms with Crippen LogP contribution in [0.15, 0.2) is 42.6 Å². The van der Waals surface area contributed by atoms with Crippen LogP contribution in [0.1, 0.15) is 36.1 Å². The number of ether oxygens (including phenoxy) is 1. The number of halogens is 3. The molecule has 0 aliphatic carbocycles. The lowest BCUT2D eigenvalue weighted by Crippen LogP contribution is -2.50. The molecule has 0 saturated carbocycles. The highest BCUT2D eigenvalue weighted by atomic mass is 19.4. The Kier molecular flexibility index (Phi) is 6.94. The average Bonchev–Trinajstić information content (AvgIpc) is 3.43. The highest BCUT2D eigenvalue weighted by molar-refractivity contribution is 5.93.